The Morgan fingerprint density at radius 1 is 1.33 bits per heavy atom. The van der Waals surface area contributed by atoms with E-state index in [9.17, 15) is 9.59 Å². The maximum absolute atomic E-state index is 12.1. The van der Waals surface area contributed by atoms with Gasteiger partial charge in [0.05, 0.1) is 18.7 Å². The molecular weight excluding hydrogens is 230 g/mol. The first-order chi connectivity index (χ1) is 8.56. The van der Waals surface area contributed by atoms with Crippen LogP contribution in [0.2, 0.25) is 0 Å². The Bertz CT molecular complexity index is 514. The van der Waals surface area contributed by atoms with Gasteiger partial charge >= 0.3 is 0 Å². The molecule has 0 saturated heterocycles. The summed E-state index contributed by atoms with van der Waals surface area (Å²) in [6.45, 7) is 0.0944. The van der Waals surface area contributed by atoms with Gasteiger partial charge in [-0.25, -0.2) is 0 Å². The first kappa shape index (κ1) is 13.7. The third-order valence-corrected chi connectivity index (χ3v) is 2.22. The van der Waals surface area contributed by atoms with Crippen LogP contribution in [0.15, 0.2) is 24.3 Å². The minimum atomic E-state index is -0.559. The number of primary amides is 1. The highest BCUT2D eigenvalue weighted by molar-refractivity contribution is 5.98. The zero-order chi connectivity index (χ0) is 13.5. The van der Waals surface area contributed by atoms with Crippen LogP contribution in [0.1, 0.15) is 15.9 Å². The number of carbonyl (C=O) groups is 2. The van der Waals surface area contributed by atoms with Crippen LogP contribution in [0.4, 0.5) is 0 Å². The number of rotatable bonds is 3. The quantitative estimate of drug-likeness (QED) is 0.707. The van der Waals surface area contributed by atoms with Crippen molar-refractivity contribution >= 4 is 11.8 Å². The van der Waals surface area contributed by atoms with Gasteiger partial charge in [0.1, 0.15) is 0 Å². The SMILES string of the molecule is CN(CC(N)=O)C(=O)c1ccccc1C#CCN. The highest BCUT2D eigenvalue weighted by atomic mass is 16.2. The number of nitrogens with two attached hydrogens (primary N) is 2. The summed E-state index contributed by atoms with van der Waals surface area (Å²) in [5, 5.41) is 0. The molecule has 18 heavy (non-hydrogen) atoms. The summed E-state index contributed by atoms with van der Waals surface area (Å²) in [5.74, 6) is 4.66. The van der Waals surface area contributed by atoms with Gasteiger partial charge in [0.25, 0.3) is 5.91 Å². The molecule has 0 aliphatic rings. The molecule has 94 valence electrons. The molecule has 0 fully saturated rings. The summed E-state index contributed by atoms with van der Waals surface area (Å²) < 4.78 is 0. The van der Waals surface area contributed by atoms with Gasteiger partial charge in [-0.1, -0.05) is 24.0 Å². The van der Waals surface area contributed by atoms with Gasteiger partial charge in [0.15, 0.2) is 0 Å². The Balaban J connectivity index is 3.01. The Labute approximate surface area is 106 Å². The second-order valence-corrected chi connectivity index (χ2v) is 3.68. The van der Waals surface area contributed by atoms with Crippen LogP contribution in [0.25, 0.3) is 0 Å². The van der Waals surface area contributed by atoms with Crippen LogP contribution in [0, 0.1) is 11.8 Å². The second-order valence-electron chi connectivity index (χ2n) is 3.68. The maximum atomic E-state index is 12.1. The number of hydrogen-bond donors (Lipinski definition) is 2. The van der Waals surface area contributed by atoms with Crippen molar-refractivity contribution in [3.8, 4) is 11.8 Å². The van der Waals surface area contributed by atoms with Crippen molar-refractivity contribution in [2.24, 2.45) is 11.5 Å². The first-order valence-electron chi connectivity index (χ1n) is 5.38. The average molecular weight is 245 g/mol. The summed E-state index contributed by atoms with van der Waals surface area (Å²) in [6.07, 6.45) is 0. The number of hydrogen-bond acceptors (Lipinski definition) is 3. The average Bonchev–Trinajstić information content (AvgIpc) is 2.35. The smallest absolute Gasteiger partial charge is 0.255 e. The van der Waals surface area contributed by atoms with Crippen LogP contribution in [0.3, 0.4) is 0 Å². The van der Waals surface area contributed by atoms with E-state index < -0.39 is 5.91 Å². The van der Waals surface area contributed by atoms with Crippen molar-refractivity contribution in [2.75, 3.05) is 20.1 Å². The molecule has 4 N–H and O–H groups in total. The van der Waals surface area contributed by atoms with Gasteiger partial charge in [-0.15, -0.1) is 0 Å². The van der Waals surface area contributed by atoms with Gasteiger partial charge in [0, 0.05) is 12.6 Å². The Kier molecular flexibility index (Phi) is 4.90. The largest absolute Gasteiger partial charge is 0.368 e. The summed E-state index contributed by atoms with van der Waals surface area (Å²) in [4.78, 5) is 24.1. The summed E-state index contributed by atoms with van der Waals surface area (Å²) in [6, 6.07) is 6.90. The number of likely N-dealkylation sites (N-methyl/N-ethyl adjacent to an activating group) is 1. The number of amides is 2. The lowest BCUT2D eigenvalue weighted by Crippen LogP contribution is -2.35. The molecule has 5 heteroatoms. The molecule has 0 radical (unpaired) electrons. The highest BCUT2D eigenvalue weighted by Gasteiger charge is 2.15. The van der Waals surface area contributed by atoms with Crippen molar-refractivity contribution in [3.05, 3.63) is 35.4 Å². The third kappa shape index (κ3) is 3.61. The molecule has 1 aromatic rings. The fourth-order valence-corrected chi connectivity index (χ4v) is 1.44. The van der Waals surface area contributed by atoms with Gasteiger partial charge < -0.3 is 16.4 Å². The van der Waals surface area contributed by atoms with E-state index >= 15 is 0 Å². The van der Waals surface area contributed by atoms with Crippen molar-refractivity contribution < 1.29 is 9.59 Å². The second kappa shape index (κ2) is 6.42. The molecule has 1 aromatic carbocycles. The normalized spacial score (nSPS) is 9.22. The van der Waals surface area contributed by atoms with Gasteiger partial charge in [-0.2, -0.15) is 0 Å². The lowest BCUT2D eigenvalue weighted by molar-refractivity contribution is -0.118. The molecule has 0 heterocycles. The summed E-state index contributed by atoms with van der Waals surface area (Å²) in [7, 11) is 1.51. The monoisotopic (exact) mass is 245 g/mol. The minimum Gasteiger partial charge on any atom is -0.368 e. The number of nitrogens with zero attached hydrogens (tertiary/aromatic N) is 1. The molecule has 2 amide bonds. The zero-order valence-electron chi connectivity index (χ0n) is 10.1. The minimum absolute atomic E-state index is 0.127. The molecule has 0 bridgehead atoms. The first-order valence-corrected chi connectivity index (χ1v) is 5.38. The standard InChI is InChI=1S/C13H15N3O2/c1-16(9-12(15)17)13(18)11-7-3-2-5-10(11)6-4-8-14/h2-3,5,7H,8-9,14H2,1H3,(H2,15,17). The lowest BCUT2D eigenvalue weighted by atomic mass is 10.1. The van der Waals surface area contributed by atoms with E-state index in [-0.39, 0.29) is 19.0 Å². The molecular formula is C13H15N3O2. The fourth-order valence-electron chi connectivity index (χ4n) is 1.44. The zero-order valence-corrected chi connectivity index (χ0v) is 10.1. The van der Waals surface area contributed by atoms with Crippen LogP contribution in [0.5, 0.6) is 0 Å². The van der Waals surface area contributed by atoms with Crippen molar-refractivity contribution in [1.82, 2.24) is 4.90 Å². The Morgan fingerprint density at radius 3 is 2.61 bits per heavy atom. The van der Waals surface area contributed by atoms with E-state index in [1.54, 1.807) is 24.3 Å². The molecule has 0 unspecified atom stereocenters. The van der Waals surface area contributed by atoms with E-state index in [0.717, 1.165) is 0 Å². The lowest BCUT2D eigenvalue weighted by Gasteiger charge is -2.15. The van der Waals surface area contributed by atoms with E-state index in [2.05, 4.69) is 11.8 Å². The number of benzene rings is 1. The summed E-state index contributed by atoms with van der Waals surface area (Å²) in [5.41, 5.74) is 11.4. The van der Waals surface area contributed by atoms with Gasteiger partial charge in [-0.3, -0.25) is 9.59 Å². The molecule has 1 rings (SSSR count). The van der Waals surface area contributed by atoms with Crippen LogP contribution in [-0.2, 0) is 4.79 Å². The molecule has 0 saturated carbocycles. The van der Waals surface area contributed by atoms with Gasteiger partial charge in [0.2, 0.25) is 5.91 Å². The van der Waals surface area contributed by atoms with E-state index in [1.165, 1.54) is 11.9 Å². The molecule has 5 nitrogen and oxygen atoms in total. The van der Waals surface area contributed by atoms with E-state index in [4.69, 9.17) is 11.5 Å². The Hall–Kier alpha value is -2.32. The van der Waals surface area contributed by atoms with Crippen LogP contribution in [-0.4, -0.2) is 36.9 Å². The molecule has 0 aliphatic carbocycles. The third-order valence-electron chi connectivity index (χ3n) is 2.22. The van der Waals surface area contributed by atoms with Crippen molar-refractivity contribution in [1.29, 1.82) is 0 Å². The predicted octanol–water partition coefficient (Wildman–Crippen LogP) is -0.446. The van der Waals surface area contributed by atoms with Crippen molar-refractivity contribution in [2.45, 2.75) is 0 Å². The molecule has 0 aliphatic heterocycles. The predicted molar refractivity (Wildman–Crippen MR) is 68.5 cm³/mol. The van der Waals surface area contributed by atoms with Crippen LogP contribution < -0.4 is 11.5 Å². The summed E-state index contributed by atoms with van der Waals surface area (Å²) >= 11 is 0. The molecule has 0 aromatic heterocycles. The maximum Gasteiger partial charge on any atom is 0.255 e. The van der Waals surface area contributed by atoms with E-state index in [0.29, 0.717) is 11.1 Å². The highest BCUT2D eigenvalue weighted by Crippen LogP contribution is 2.09. The Morgan fingerprint density at radius 2 is 2.00 bits per heavy atom. The van der Waals surface area contributed by atoms with Gasteiger partial charge in [-0.05, 0) is 12.1 Å². The van der Waals surface area contributed by atoms with Crippen LogP contribution >= 0.6 is 0 Å². The molecule has 0 spiro atoms. The number of carbonyl (C=O) groups excluding carboxylic acids is 2. The topological polar surface area (TPSA) is 89.4 Å². The molecule has 0 atom stereocenters. The van der Waals surface area contributed by atoms with Crippen molar-refractivity contribution in [3.63, 3.8) is 0 Å². The fraction of sp³-hybridized carbons (Fsp3) is 0.231. The van der Waals surface area contributed by atoms with E-state index in [1.807, 2.05) is 0 Å².